The maximum absolute atomic E-state index is 14.2. The number of aromatic nitrogens is 3. The first-order valence-electron chi connectivity index (χ1n) is 9.53. The van der Waals surface area contributed by atoms with Crippen molar-refractivity contribution in [3.05, 3.63) is 71.3 Å². The first kappa shape index (κ1) is 19.8. The van der Waals surface area contributed by atoms with Crippen LogP contribution in [0.4, 0.5) is 14.7 Å². The van der Waals surface area contributed by atoms with Gasteiger partial charge in [0.15, 0.2) is 5.16 Å². The van der Waals surface area contributed by atoms with E-state index in [1.165, 1.54) is 23.9 Å². The number of rotatable bonds is 6. The zero-order valence-corrected chi connectivity index (χ0v) is 16.9. The van der Waals surface area contributed by atoms with Crippen LogP contribution in [0.25, 0.3) is 0 Å². The second kappa shape index (κ2) is 8.92. The summed E-state index contributed by atoms with van der Waals surface area (Å²) < 4.78 is 35.0. The number of benzene rings is 2. The van der Waals surface area contributed by atoms with Gasteiger partial charge in [0, 0.05) is 30.0 Å². The van der Waals surface area contributed by atoms with Gasteiger partial charge in [-0.2, -0.15) is 0 Å². The van der Waals surface area contributed by atoms with Crippen LogP contribution in [0.3, 0.4) is 0 Å². The maximum Gasteiger partial charge on any atom is 0.228 e. The lowest BCUT2D eigenvalue weighted by molar-refractivity contribution is 0.121. The average Bonchev–Trinajstić information content (AvgIpc) is 3.11. The molecule has 4 rings (SSSR count). The molecule has 1 atom stereocenters. The minimum absolute atomic E-state index is 0.244. The second-order valence-corrected chi connectivity index (χ2v) is 8.19. The summed E-state index contributed by atoms with van der Waals surface area (Å²) in [6, 6.07) is 13.8. The molecule has 0 amide bonds. The molecule has 0 N–H and O–H groups in total. The van der Waals surface area contributed by atoms with E-state index >= 15 is 0 Å². The minimum atomic E-state index is -0.578. The number of thioether (sulfide) groups is 1. The van der Waals surface area contributed by atoms with Crippen molar-refractivity contribution >= 4 is 17.7 Å². The fourth-order valence-electron chi connectivity index (χ4n) is 3.32. The molecule has 1 fully saturated rings. The molecule has 0 spiro atoms. The maximum atomic E-state index is 14.2. The van der Waals surface area contributed by atoms with E-state index in [4.69, 9.17) is 4.74 Å². The molecule has 1 aromatic heterocycles. The molecule has 3 aromatic rings. The van der Waals surface area contributed by atoms with Crippen LogP contribution in [-0.4, -0.2) is 41.1 Å². The number of nitrogens with zero attached hydrogens (tertiary/aromatic N) is 4. The van der Waals surface area contributed by atoms with Crippen molar-refractivity contribution in [1.29, 1.82) is 0 Å². The van der Waals surface area contributed by atoms with Crippen molar-refractivity contribution in [2.75, 3.05) is 31.2 Å². The standard InChI is InChI=1S/C21H22F2N4OS/c1-15(18-8-7-17(22)13-19(18)23)29-21-25-24-20(26-9-11-28-12-10-26)27(21)14-16-5-3-2-4-6-16/h2-8,13,15H,9-12,14H2,1H3. The van der Waals surface area contributed by atoms with Gasteiger partial charge in [-0.15, -0.1) is 10.2 Å². The number of morpholine rings is 1. The SMILES string of the molecule is CC(Sc1nnc(N2CCOCC2)n1Cc1ccccc1)c1ccc(F)cc1F. The van der Waals surface area contributed by atoms with Gasteiger partial charge in [0.1, 0.15) is 11.6 Å². The van der Waals surface area contributed by atoms with Crippen LogP contribution in [0.15, 0.2) is 53.7 Å². The molecule has 0 bridgehead atoms. The molecule has 1 aliphatic heterocycles. The molecule has 0 radical (unpaired) electrons. The summed E-state index contributed by atoms with van der Waals surface area (Å²) in [6.45, 7) is 5.30. The lowest BCUT2D eigenvalue weighted by Crippen LogP contribution is -2.38. The van der Waals surface area contributed by atoms with E-state index in [2.05, 4.69) is 31.8 Å². The third-order valence-corrected chi connectivity index (χ3v) is 5.98. The predicted molar refractivity (Wildman–Crippen MR) is 109 cm³/mol. The highest BCUT2D eigenvalue weighted by atomic mass is 32.2. The summed E-state index contributed by atoms with van der Waals surface area (Å²) in [6.07, 6.45) is 0. The number of hydrogen-bond acceptors (Lipinski definition) is 5. The minimum Gasteiger partial charge on any atom is -0.378 e. The van der Waals surface area contributed by atoms with Crippen LogP contribution in [0.5, 0.6) is 0 Å². The number of halogens is 2. The van der Waals surface area contributed by atoms with Gasteiger partial charge < -0.3 is 9.64 Å². The topological polar surface area (TPSA) is 43.2 Å². The highest BCUT2D eigenvalue weighted by Gasteiger charge is 2.23. The van der Waals surface area contributed by atoms with E-state index in [0.29, 0.717) is 30.5 Å². The van der Waals surface area contributed by atoms with Gasteiger partial charge in [0.05, 0.1) is 19.8 Å². The van der Waals surface area contributed by atoms with Crippen molar-refractivity contribution in [2.24, 2.45) is 0 Å². The first-order chi connectivity index (χ1) is 14.1. The Bertz CT molecular complexity index is 961. The molecule has 2 aromatic carbocycles. The molecule has 0 saturated carbocycles. The lowest BCUT2D eigenvalue weighted by atomic mass is 10.1. The Hall–Kier alpha value is -2.45. The first-order valence-corrected chi connectivity index (χ1v) is 10.4. The largest absolute Gasteiger partial charge is 0.378 e. The Kier molecular flexibility index (Phi) is 6.10. The molecule has 1 unspecified atom stereocenters. The summed E-state index contributed by atoms with van der Waals surface area (Å²) in [5.74, 6) is -0.343. The smallest absolute Gasteiger partial charge is 0.228 e. The Morgan fingerprint density at radius 2 is 1.83 bits per heavy atom. The summed E-state index contributed by atoms with van der Waals surface area (Å²) in [4.78, 5) is 2.16. The van der Waals surface area contributed by atoms with Gasteiger partial charge in [0.2, 0.25) is 5.95 Å². The van der Waals surface area contributed by atoms with Gasteiger partial charge in [-0.1, -0.05) is 48.2 Å². The summed E-state index contributed by atoms with van der Waals surface area (Å²) in [5, 5.41) is 9.28. The van der Waals surface area contributed by atoms with E-state index < -0.39 is 11.6 Å². The van der Waals surface area contributed by atoms with Crippen LogP contribution < -0.4 is 4.90 Å². The molecule has 1 saturated heterocycles. The van der Waals surface area contributed by atoms with Crippen molar-refractivity contribution in [3.8, 4) is 0 Å². The van der Waals surface area contributed by atoms with Gasteiger partial charge in [-0.3, -0.25) is 4.57 Å². The summed E-state index contributed by atoms with van der Waals surface area (Å²) in [7, 11) is 0. The normalized spacial score (nSPS) is 15.5. The molecule has 0 aliphatic carbocycles. The van der Waals surface area contributed by atoms with Crippen LogP contribution in [0, 0.1) is 11.6 Å². The van der Waals surface area contributed by atoms with E-state index in [1.54, 1.807) is 0 Å². The Balaban J connectivity index is 1.64. The third kappa shape index (κ3) is 4.59. The number of anilines is 1. The Morgan fingerprint density at radius 3 is 2.55 bits per heavy atom. The second-order valence-electron chi connectivity index (χ2n) is 6.88. The number of ether oxygens (including phenoxy) is 1. The molecular weight excluding hydrogens is 394 g/mol. The lowest BCUT2D eigenvalue weighted by Gasteiger charge is -2.28. The molecule has 29 heavy (non-hydrogen) atoms. The van der Waals surface area contributed by atoms with Crippen LogP contribution in [0.1, 0.15) is 23.3 Å². The van der Waals surface area contributed by atoms with Gasteiger partial charge >= 0.3 is 0 Å². The average molecular weight is 416 g/mol. The monoisotopic (exact) mass is 416 g/mol. The molecule has 2 heterocycles. The molecule has 152 valence electrons. The van der Waals surface area contributed by atoms with Crippen LogP contribution in [0.2, 0.25) is 0 Å². The van der Waals surface area contributed by atoms with E-state index in [9.17, 15) is 8.78 Å². The van der Waals surface area contributed by atoms with E-state index in [1.807, 2.05) is 25.1 Å². The van der Waals surface area contributed by atoms with Crippen LogP contribution >= 0.6 is 11.8 Å². The van der Waals surface area contributed by atoms with Gasteiger partial charge in [-0.25, -0.2) is 8.78 Å². The van der Waals surface area contributed by atoms with Crippen molar-refractivity contribution in [3.63, 3.8) is 0 Å². The zero-order valence-electron chi connectivity index (χ0n) is 16.1. The van der Waals surface area contributed by atoms with E-state index in [-0.39, 0.29) is 5.25 Å². The molecular formula is C21H22F2N4OS. The molecule has 5 nitrogen and oxygen atoms in total. The molecule has 8 heteroatoms. The summed E-state index contributed by atoms with van der Waals surface area (Å²) >= 11 is 1.42. The predicted octanol–water partition coefficient (Wildman–Crippen LogP) is 4.29. The van der Waals surface area contributed by atoms with Crippen molar-refractivity contribution in [1.82, 2.24) is 14.8 Å². The highest BCUT2D eigenvalue weighted by molar-refractivity contribution is 7.99. The summed E-state index contributed by atoms with van der Waals surface area (Å²) in [5.41, 5.74) is 1.57. The Morgan fingerprint density at radius 1 is 1.07 bits per heavy atom. The van der Waals surface area contributed by atoms with Crippen molar-refractivity contribution < 1.29 is 13.5 Å². The molecule has 1 aliphatic rings. The quantitative estimate of drug-likeness (QED) is 0.561. The highest BCUT2D eigenvalue weighted by Crippen LogP contribution is 2.36. The third-order valence-electron chi connectivity index (χ3n) is 4.86. The zero-order chi connectivity index (χ0) is 20.2. The van der Waals surface area contributed by atoms with Gasteiger partial charge in [-0.05, 0) is 18.6 Å². The van der Waals surface area contributed by atoms with Gasteiger partial charge in [0.25, 0.3) is 0 Å². The fourth-order valence-corrected chi connectivity index (χ4v) is 4.32. The Labute approximate surface area is 172 Å². The van der Waals surface area contributed by atoms with Crippen LogP contribution in [-0.2, 0) is 11.3 Å². The fraction of sp³-hybridized carbons (Fsp3) is 0.333. The van der Waals surface area contributed by atoms with Crippen molar-refractivity contribution in [2.45, 2.75) is 23.9 Å². The van der Waals surface area contributed by atoms with E-state index in [0.717, 1.165) is 30.7 Å². The number of hydrogen-bond donors (Lipinski definition) is 0.